The summed E-state index contributed by atoms with van der Waals surface area (Å²) in [4.78, 5) is 0.151. The number of nitrogens with one attached hydrogen (secondary N) is 1. The summed E-state index contributed by atoms with van der Waals surface area (Å²) < 4.78 is 27.7. The molecule has 3 N–H and O–H groups in total. The van der Waals surface area contributed by atoms with E-state index >= 15 is 0 Å². The highest BCUT2D eigenvalue weighted by Gasteiger charge is 2.21. The third kappa shape index (κ3) is 4.28. The maximum atomic E-state index is 11.2. The molecule has 0 aromatic heterocycles. The van der Waals surface area contributed by atoms with Crippen LogP contribution in [-0.2, 0) is 21.3 Å². The van der Waals surface area contributed by atoms with Crippen molar-refractivity contribution in [2.45, 2.75) is 49.3 Å². The first-order valence-electron chi connectivity index (χ1n) is 6.87. The van der Waals surface area contributed by atoms with Gasteiger partial charge in [0.2, 0.25) is 10.0 Å². The van der Waals surface area contributed by atoms with Crippen LogP contribution in [0.25, 0.3) is 0 Å². The van der Waals surface area contributed by atoms with Crippen LogP contribution >= 0.6 is 0 Å². The molecule has 1 aromatic carbocycles. The van der Waals surface area contributed by atoms with Gasteiger partial charge >= 0.3 is 0 Å². The first-order valence-corrected chi connectivity index (χ1v) is 8.41. The van der Waals surface area contributed by atoms with Gasteiger partial charge in [0.15, 0.2) is 0 Å². The first kappa shape index (κ1) is 15.4. The lowest BCUT2D eigenvalue weighted by atomic mass is 9.93. The standard InChI is InChI=1S/C14H22N2O3S/c1-19-13-4-2-3-12(9-13)16-10-11-5-7-14(8-6-11)20(15,17)18/h5-8,12-13,16H,2-4,9-10H2,1H3,(H2,15,17,18). The average molecular weight is 298 g/mol. The number of nitrogens with two attached hydrogens (primary N) is 1. The molecule has 20 heavy (non-hydrogen) atoms. The number of rotatable bonds is 5. The van der Waals surface area contributed by atoms with Crippen molar-refractivity contribution >= 4 is 10.0 Å². The van der Waals surface area contributed by atoms with Crippen LogP contribution in [0.3, 0.4) is 0 Å². The number of sulfonamides is 1. The summed E-state index contributed by atoms with van der Waals surface area (Å²) in [5.41, 5.74) is 1.05. The van der Waals surface area contributed by atoms with E-state index in [0.29, 0.717) is 12.1 Å². The van der Waals surface area contributed by atoms with E-state index < -0.39 is 10.0 Å². The van der Waals surface area contributed by atoms with Crippen molar-refractivity contribution in [1.82, 2.24) is 5.32 Å². The summed E-state index contributed by atoms with van der Waals surface area (Å²) in [5.74, 6) is 0. The molecule has 0 amide bonds. The van der Waals surface area contributed by atoms with Gasteiger partial charge in [-0.05, 0) is 43.4 Å². The predicted molar refractivity (Wildman–Crippen MR) is 77.7 cm³/mol. The van der Waals surface area contributed by atoms with Crippen molar-refractivity contribution in [3.05, 3.63) is 29.8 Å². The van der Waals surface area contributed by atoms with Gasteiger partial charge in [-0.1, -0.05) is 12.1 Å². The lowest BCUT2D eigenvalue weighted by molar-refractivity contribution is 0.0586. The quantitative estimate of drug-likeness (QED) is 0.860. The summed E-state index contributed by atoms with van der Waals surface area (Å²) in [6.45, 7) is 0.728. The Hall–Kier alpha value is -0.950. The summed E-state index contributed by atoms with van der Waals surface area (Å²) in [7, 11) is -1.84. The fraction of sp³-hybridized carbons (Fsp3) is 0.571. The molecule has 112 valence electrons. The van der Waals surface area contributed by atoms with Crippen LogP contribution in [0.4, 0.5) is 0 Å². The largest absolute Gasteiger partial charge is 0.381 e. The van der Waals surface area contributed by atoms with Gasteiger partial charge in [-0.2, -0.15) is 0 Å². The van der Waals surface area contributed by atoms with Gasteiger partial charge in [0.05, 0.1) is 11.0 Å². The van der Waals surface area contributed by atoms with Crippen molar-refractivity contribution in [2.75, 3.05) is 7.11 Å². The van der Waals surface area contributed by atoms with Crippen molar-refractivity contribution in [3.8, 4) is 0 Å². The van der Waals surface area contributed by atoms with Gasteiger partial charge < -0.3 is 10.1 Å². The van der Waals surface area contributed by atoms with E-state index in [2.05, 4.69) is 5.32 Å². The van der Waals surface area contributed by atoms with Gasteiger partial charge in [0.1, 0.15) is 0 Å². The molecule has 0 saturated heterocycles. The van der Waals surface area contributed by atoms with Gasteiger partial charge in [-0.15, -0.1) is 0 Å². The van der Waals surface area contributed by atoms with E-state index in [0.717, 1.165) is 31.4 Å². The molecule has 0 bridgehead atoms. The molecule has 5 nitrogen and oxygen atoms in total. The third-order valence-corrected chi connectivity index (χ3v) is 4.74. The van der Waals surface area contributed by atoms with Crippen LogP contribution in [-0.4, -0.2) is 27.7 Å². The van der Waals surface area contributed by atoms with Gasteiger partial charge in [0.25, 0.3) is 0 Å². The van der Waals surface area contributed by atoms with Crippen molar-refractivity contribution in [1.29, 1.82) is 0 Å². The monoisotopic (exact) mass is 298 g/mol. The molecule has 6 heteroatoms. The smallest absolute Gasteiger partial charge is 0.238 e. The molecule has 0 heterocycles. The Morgan fingerprint density at radius 1 is 1.30 bits per heavy atom. The van der Waals surface area contributed by atoms with E-state index in [1.165, 1.54) is 6.42 Å². The van der Waals surface area contributed by atoms with Crippen LogP contribution in [0.1, 0.15) is 31.2 Å². The molecule has 2 unspecified atom stereocenters. The fourth-order valence-electron chi connectivity index (χ4n) is 2.60. The van der Waals surface area contributed by atoms with E-state index in [1.807, 2.05) is 0 Å². The van der Waals surface area contributed by atoms with Crippen LogP contribution in [0.2, 0.25) is 0 Å². The highest BCUT2D eigenvalue weighted by atomic mass is 32.2. The minimum absolute atomic E-state index is 0.151. The summed E-state index contributed by atoms with van der Waals surface area (Å²) in [5, 5.41) is 8.57. The summed E-state index contributed by atoms with van der Waals surface area (Å²) in [6, 6.07) is 7.15. The molecule has 1 aromatic rings. The number of hydrogen-bond donors (Lipinski definition) is 2. The molecule has 1 saturated carbocycles. The van der Waals surface area contributed by atoms with Crippen molar-refractivity contribution < 1.29 is 13.2 Å². The minimum Gasteiger partial charge on any atom is -0.381 e. The second-order valence-electron chi connectivity index (χ2n) is 5.29. The number of primary sulfonamides is 1. The van der Waals surface area contributed by atoms with Crippen LogP contribution < -0.4 is 10.5 Å². The van der Waals surface area contributed by atoms with E-state index in [-0.39, 0.29) is 4.90 Å². The first-order chi connectivity index (χ1) is 9.49. The molecule has 1 aliphatic rings. The normalized spacial score (nSPS) is 23.7. The van der Waals surface area contributed by atoms with Gasteiger partial charge in [-0.25, -0.2) is 13.6 Å². The highest BCUT2D eigenvalue weighted by molar-refractivity contribution is 7.89. The van der Waals surface area contributed by atoms with Crippen LogP contribution in [0, 0.1) is 0 Å². The molecule has 0 spiro atoms. The molecule has 0 aliphatic heterocycles. The second-order valence-corrected chi connectivity index (χ2v) is 6.85. The highest BCUT2D eigenvalue weighted by Crippen LogP contribution is 2.21. The predicted octanol–water partition coefficient (Wildman–Crippen LogP) is 1.38. The van der Waals surface area contributed by atoms with E-state index in [9.17, 15) is 8.42 Å². The molecule has 1 aliphatic carbocycles. The number of hydrogen-bond acceptors (Lipinski definition) is 4. The second kappa shape index (κ2) is 6.67. The minimum atomic E-state index is -3.60. The number of ether oxygens (including phenoxy) is 1. The van der Waals surface area contributed by atoms with E-state index in [1.54, 1.807) is 31.4 Å². The molecule has 0 radical (unpaired) electrons. The Bertz CT molecular complexity index is 528. The van der Waals surface area contributed by atoms with E-state index in [4.69, 9.17) is 9.88 Å². The third-order valence-electron chi connectivity index (χ3n) is 3.81. The van der Waals surface area contributed by atoms with Gasteiger partial charge in [-0.3, -0.25) is 0 Å². The lowest BCUT2D eigenvalue weighted by Gasteiger charge is -2.29. The maximum absolute atomic E-state index is 11.2. The molecule has 2 rings (SSSR count). The van der Waals surface area contributed by atoms with Crippen molar-refractivity contribution in [2.24, 2.45) is 5.14 Å². The Labute approximate surface area is 120 Å². The number of methoxy groups -OCH3 is 1. The van der Waals surface area contributed by atoms with Crippen molar-refractivity contribution in [3.63, 3.8) is 0 Å². The topological polar surface area (TPSA) is 81.4 Å². The number of benzene rings is 1. The Kier molecular flexibility index (Phi) is 5.15. The Balaban J connectivity index is 1.88. The average Bonchev–Trinajstić information content (AvgIpc) is 2.45. The van der Waals surface area contributed by atoms with Gasteiger partial charge in [0, 0.05) is 19.7 Å². The lowest BCUT2D eigenvalue weighted by Crippen LogP contribution is -2.36. The van der Waals surface area contributed by atoms with Crippen LogP contribution in [0.5, 0.6) is 0 Å². The molecular formula is C14H22N2O3S. The maximum Gasteiger partial charge on any atom is 0.238 e. The SMILES string of the molecule is COC1CCCC(NCc2ccc(S(N)(=O)=O)cc2)C1. The van der Waals surface area contributed by atoms with Crippen LogP contribution in [0.15, 0.2) is 29.2 Å². The Morgan fingerprint density at radius 3 is 2.60 bits per heavy atom. The molecule has 2 atom stereocenters. The zero-order valence-electron chi connectivity index (χ0n) is 11.7. The summed E-state index contributed by atoms with van der Waals surface area (Å²) in [6.07, 6.45) is 4.87. The Morgan fingerprint density at radius 2 is 2.00 bits per heavy atom. The fourth-order valence-corrected chi connectivity index (χ4v) is 3.12. The zero-order chi connectivity index (χ0) is 14.6. The molecular weight excluding hydrogens is 276 g/mol. The zero-order valence-corrected chi connectivity index (χ0v) is 12.5. The molecule has 1 fully saturated rings. The summed E-state index contributed by atoms with van der Waals surface area (Å²) >= 11 is 0.